The molecule has 0 aliphatic carbocycles. The molecule has 1 heterocycles. The van der Waals surface area contributed by atoms with Gasteiger partial charge in [-0.15, -0.1) is 11.3 Å². The Morgan fingerprint density at radius 1 is 1.06 bits per heavy atom. The van der Waals surface area contributed by atoms with Gasteiger partial charge in [0.1, 0.15) is 10.8 Å². The molecule has 3 aromatic rings. The molecule has 0 fully saturated rings. The molecule has 32 heavy (non-hydrogen) atoms. The molecule has 0 radical (unpaired) electrons. The van der Waals surface area contributed by atoms with Gasteiger partial charge < -0.3 is 14.8 Å². The van der Waals surface area contributed by atoms with Crippen LogP contribution < -0.4 is 14.8 Å². The molecule has 0 spiro atoms. The number of ether oxygens (including phenoxy) is 2. The average Bonchev–Trinajstić information content (AvgIpc) is 3.24. The Labute approximate surface area is 196 Å². The van der Waals surface area contributed by atoms with Gasteiger partial charge >= 0.3 is 0 Å². The van der Waals surface area contributed by atoms with Gasteiger partial charge in [-0.2, -0.15) is 4.31 Å². The maximum Gasteiger partial charge on any atom is 0.252 e. The number of hydrogen-bond acceptors (Lipinski definition) is 6. The number of amides is 1. The van der Waals surface area contributed by atoms with Crippen molar-refractivity contribution in [2.45, 2.75) is 17.4 Å². The number of methoxy groups -OCH3 is 1. The number of rotatable bonds is 10. The molecule has 1 amide bonds. The van der Waals surface area contributed by atoms with E-state index >= 15 is 0 Å². The van der Waals surface area contributed by atoms with E-state index < -0.39 is 15.9 Å². The monoisotopic (exact) mass is 494 g/mol. The summed E-state index contributed by atoms with van der Waals surface area (Å²) in [4.78, 5) is 12.3. The van der Waals surface area contributed by atoms with E-state index in [1.54, 1.807) is 19.2 Å². The molecule has 2 aromatic carbocycles. The largest absolute Gasteiger partial charge is 0.493 e. The zero-order valence-corrected chi connectivity index (χ0v) is 20.0. The van der Waals surface area contributed by atoms with E-state index in [1.807, 2.05) is 36.4 Å². The van der Waals surface area contributed by atoms with Gasteiger partial charge in [-0.3, -0.25) is 4.79 Å². The Balaban J connectivity index is 1.56. The Morgan fingerprint density at radius 3 is 2.47 bits per heavy atom. The van der Waals surface area contributed by atoms with Gasteiger partial charge in [-0.25, -0.2) is 8.42 Å². The van der Waals surface area contributed by atoms with Crippen molar-refractivity contribution in [2.75, 3.05) is 20.7 Å². The first-order chi connectivity index (χ1) is 15.3. The van der Waals surface area contributed by atoms with Crippen molar-refractivity contribution in [2.24, 2.45) is 0 Å². The van der Waals surface area contributed by atoms with Crippen LogP contribution in [0.3, 0.4) is 0 Å². The fourth-order valence-electron chi connectivity index (χ4n) is 2.81. The quantitative estimate of drug-likeness (QED) is 0.461. The molecule has 0 aliphatic heterocycles. The number of carbonyl (C=O) groups is 1. The molecule has 0 unspecified atom stereocenters. The number of benzene rings is 2. The minimum atomic E-state index is -3.77. The maximum absolute atomic E-state index is 12.5. The number of nitrogens with zero attached hydrogens (tertiary/aromatic N) is 1. The third-order valence-electron chi connectivity index (χ3n) is 4.53. The van der Waals surface area contributed by atoms with Crippen molar-refractivity contribution >= 4 is 38.9 Å². The van der Waals surface area contributed by atoms with Crippen LogP contribution in [-0.4, -0.2) is 39.3 Å². The molecule has 0 aliphatic rings. The summed E-state index contributed by atoms with van der Waals surface area (Å²) in [7, 11) is -0.875. The summed E-state index contributed by atoms with van der Waals surface area (Å²) in [5.41, 5.74) is 1.83. The van der Waals surface area contributed by atoms with E-state index in [2.05, 4.69) is 5.32 Å². The molecule has 0 saturated carbocycles. The van der Waals surface area contributed by atoms with Crippen molar-refractivity contribution in [3.05, 3.63) is 76.1 Å². The lowest BCUT2D eigenvalue weighted by Crippen LogP contribution is -2.37. The summed E-state index contributed by atoms with van der Waals surface area (Å²) in [5, 5.41) is 2.72. The first-order valence-corrected chi connectivity index (χ1v) is 12.2. The van der Waals surface area contributed by atoms with Crippen LogP contribution in [0.15, 0.2) is 64.9 Å². The van der Waals surface area contributed by atoms with Crippen LogP contribution in [0.2, 0.25) is 4.34 Å². The smallest absolute Gasteiger partial charge is 0.252 e. The molecular weight excluding hydrogens is 472 g/mol. The van der Waals surface area contributed by atoms with Crippen molar-refractivity contribution in [1.29, 1.82) is 0 Å². The normalized spacial score (nSPS) is 11.4. The zero-order chi connectivity index (χ0) is 23.1. The lowest BCUT2D eigenvalue weighted by atomic mass is 10.2. The number of carbonyl (C=O) groups excluding carboxylic acids is 1. The van der Waals surface area contributed by atoms with Crippen LogP contribution in [0.4, 0.5) is 0 Å². The van der Waals surface area contributed by atoms with Gasteiger partial charge in [0.05, 0.1) is 18.0 Å². The Kier molecular flexibility index (Phi) is 8.14. The first kappa shape index (κ1) is 24.1. The second-order valence-electron chi connectivity index (χ2n) is 6.86. The van der Waals surface area contributed by atoms with Gasteiger partial charge in [0.25, 0.3) is 10.0 Å². The van der Waals surface area contributed by atoms with E-state index in [-0.39, 0.29) is 17.3 Å². The summed E-state index contributed by atoms with van der Waals surface area (Å²) in [6, 6.07) is 18.1. The predicted molar refractivity (Wildman–Crippen MR) is 125 cm³/mol. The Hall–Kier alpha value is -2.59. The van der Waals surface area contributed by atoms with Crippen LogP contribution in [0.25, 0.3) is 0 Å². The van der Waals surface area contributed by atoms with E-state index in [4.69, 9.17) is 21.1 Å². The van der Waals surface area contributed by atoms with Crippen molar-refractivity contribution < 1.29 is 22.7 Å². The minimum Gasteiger partial charge on any atom is -0.493 e. The SMILES string of the molecule is COc1cc(CNC(=O)CN(C)S(=O)(=O)c2ccc(Cl)s2)ccc1OCc1ccccc1. The fourth-order valence-corrected chi connectivity index (χ4v) is 5.63. The van der Waals surface area contributed by atoms with Gasteiger partial charge in [0.15, 0.2) is 11.5 Å². The second kappa shape index (κ2) is 10.8. The lowest BCUT2D eigenvalue weighted by Gasteiger charge is -2.16. The average molecular weight is 495 g/mol. The molecule has 170 valence electrons. The summed E-state index contributed by atoms with van der Waals surface area (Å²) in [5.74, 6) is 0.705. The van der Waals surface area contributed by atoms with E-state index in [0.29, 0.717) is 22.4 Å². The van der Waals surface area contributed by atoms with Crippen LogP contribution in [0, 0.1) is 0 Å². The maximum atomic E-state index is 12.5. The van der Waals surface area contributed by atoms with E-state index in [0.717, 1.165) is 26.8 Å². The van der Waals surface area contributed by atoms with Gasteiger partial charge in [0.2, 0.25) is 5.91 Å². The topological polar surface area (TPSA) is 84.9 Å². The Morgan fingerprint density at radius 2 is 1.81 bits per heavy atom. The van der Waals surface area contributed by atoms with Crippen LogP contribution in [-0.2, 0) is 28.0 Å². The number of sulfonamides is 1. The molecule has 0 bridgehead atoms. The zero-order valence-electron chi connectivity index (χ0n) is 17.6. The number of thiophene rings is 1. The summed E-state index contributed by atoms with van der Waals surface area (Å²) in [6.45, 7) is 0.309. The standard InChI is InChI=1S/C22H23ClN2O5S2/c1-25(32(27,28)22-11-10-20(23)31-22)14-21(26)24-13-17-8-9-18(19(12-17)29-2)30-15-16-6-4-3-5-7-16/h3-12H,13-15H2,1-2H3,(H,24,26). The van der Waals surface area contributed by atoms with Crippen LogP contribution in [0.1, 0.15) is 11.1 Å². The Bertz CT molecular complexity index is 1170. The summed E-state index contributed by atoms with van der Waals surface area (Å²) < 4.78 is 37.7. The predicted octanol–water partition coefficient (Wildman–Crippen LogP) is 3.93. The molecule has 1 N–H and O–H groups in total. The van der Waals surface area contributed by atoms with Crippen molar-refractivity contribution in [3.8, 4) is 11.5 Å². The molecule has 10 heteroatoms. The van der Waals surface area contributed by atoms with Crippen molar-refractivity contribution in [3.63, 3.8) is 0 Å². The molecule has 0 saturated heterocycles. The number of likely N-dealkylation sites (N-methyl/N-ethyl adjacent to an activating group) is 1. The molecule has 7 nitrogen and oxygen atoms in total. The summed E-state index contributed by atoms with van der Waals surface area (Å²) >= 11 is 6.76. The molecule has 1 aromatic heterocycles. The highest BCUT2D eigenvalue weighted by Gasteiger charge is 2.24. The molecule has 0 atom stereocenters. The van der Waals surface area contributed by atoms with Crippen LogP contribution >= 0.6 is 22.9 Å². The second-order valence-corrected chi connectivity index (χ2v) is 10.8. The lowest BCUT2D eigenvalue weighted by molar-refractivity contribution is -0.121. The van der Waals surface area contributed by atoms with Gasteiger partial charge in [-0.1, -0.05) is 48.0 Å². The highest BCUT2D eigenvalue weighted by atomic mass is 35.5. The van der Waals surface area contributed by atoms with Crippen LogP contribution in [0.5, 0.6) is 11.5 Å². The number of halogens is 1. The number of nitrogens with one attached hydrogen (secondary N) is 1. The minimum absolute atomic E-state index is 0.0913. The molecule has 3 rings (SSSR count). The summed E-state index contributed by atoms with van der Waals surface area (Å²) in [6.07, 6.45) is 0. The molecular formula is C22H23ClN2O5S2. The van der Waals surface area contributed by atoms with Gasteiger partial charge in [0, 0.05) is 13.6 Å². The highest BCUT2D eigenvalue weighted by molar-refractivity contribution is 7.91. The number of hydrogen-bond donors (Lipinski definition) is 1. The first-order valence-electron chi connectivity index (χ1n) is 9.61. The fraction of sp³-hybridized carbons (Fsp3) is 0.227. The third kappa shape index (κ3) is 6.23. The van der Waals surface area contributed by atoms with Crippen molar-refractivity contribution in [1.82, 2.24) is 9.62 Å². The highest BCUT2D eigenvalue weighted by Crippen LogP contribution is 2.29. The third-order valence-corrected chi connectivity index (χ3v) is 8.04. The van der Waals surface area contributed by atoms with Gasteiger partial charge in [-0.05, 0) is 35.4 Å². The van der Waals surface area contributed by atoms with E-state index in [9.17, 15) is 13.2 Å². The van der Waals surface area contributed by atoms with E-state index in [1.165, 1.54) is 19.2 Å².